The summed E-state index contributed by atoms with van der Waals surface area (Å²) in [7, 11) is 4.51. The zero-order valence-corrected chi connectivity index (χ0v) is 44.0. The number of esters is 1. The molecule has 0 radical (unpaired) electrons. The monoisotopic (exact) mass is 1000 g/mol. The molecule has 0 aromatic rings. The molecule has 0 unspecified atom stereocenters. The number of nitrogens with one attached hydrogen (secondary N) is 1. The highest BCUT2D eigenvalue weighted by Crippen LogP contribution is 2.38. The van der Waals surface area contributed by atoms with E-state index in [2.05, 4.69) is 5.32 Å². The van der Waals surface area contributed by atoms with Gasteiger partial charge in [0.2, 0.25) is 5.79 Å². The Balaban J connectivity index is 1.68. The lowest BCUT2D eigenvalue weighted by atomic mass is 9.78. The molecule has 16 atom stereocenters. The van der Waals surface area contributed by atoms with E-state index in [0.717, 1.165) is 5.57 Å². The fourth-order valence-corrected chi connectivity index (χ4v) is 10.7. The third-order valence-corrected chi connectivity index (χ3v) is 15.3. The summed E-state index contributed by atoms with van der Waals surface area (Å²) in [6, 6.07) is -1.15. The molecule has 71 heavy (non-hydrogen) atoms. The van der Waals surface area contributed by atoms with Gasteiger partial charge in [0.25, 0.3) is 11.7 Å². The van der Waals surface area contributed by atoms with Gasteiger partial charge < -0.3 is 59.1 Å². The van der Waals surface area contributed by atoms with E-state index in [1.807, 2.05) is 58.1 Å². The van der Waals surface area contributed by atoms with E-state index >= 15 is 0 Å². The van der Waals surface area contributed by atoms with Crippen LogP contribution in [0.2, 0.25) is 0 Å². The van der Waals surface area contributed by atoms with Gasteiger partial charge >= 0.3 is 12.1 Å². The Labute approximate surface area is 421 Å². The molecule has 17 nitrogen and oxygen atoms in total. The summed E-state index contributed by atoms with van der Waals surface area (Å²) >= 11 is 0. The minimum absolute atomic E-state index is 0.0127. The predicted molar refractivity (Wildman–Crippen MR) is 265 cm³/mol. The zero-order valence-electron chi connectivity index (χ0n) is 44.0. The molecular weight excluding hydrogens is 917 g/mol. The maximum absolute atomic E-state index is 14.5. The molecule has 2 saturated heterocycles. The first-order valence-corrected chi connectivity index (χ1v) is 25.9. The number of hydrogen-bond acceptors (Lipinski definition) is 15. The van der Waals surface area contributed by atoms with Crippen LogP contribution in [0.3, 0.4) is 0 Å². The molecule has 5 N–H and O–H groups in total. The second-order valence-corrected chi connectivity index (χ2v) is 20.8. The minimum Gasteiger partial charge on any atom is -0.460 e. The number of aliphatic hydroxyl groups is 4. The van der Waals surface area contributed by atoms with E-state index < -0.39 is 102 Å². The molecule has 3 fully saturated rings. The number of aliphatic hydroxyl groups excluding tert-OH is 3. The first kappa shape index (κ1) is 59.8. The number of methoxy groups -OCH3 is 3. The van der Waals surface area contributed by atoms with Gasteiger partial charge in [-0.15, -0.1) is 0 Å². The number of ketones is 2. The molecule has 0 aromatic carbocycles. The Bertz CT molecular complexity index is 1880. The van der Waals surface area contributed by atoms with E-state index in [0.29, 0.717) is 69.8 Å². The van der Waals surface area contributed by atoms with Crippen LogP contribution in [0, 0.1) is 35.5 Å². The third kappa shape index (κ3) is 16.6. The van der Waals surface area contributed by atoms with E-state index in [1.165, 1.54) is 12.0 Å². The number of piperidine rings is 1. The quantitative estimate of drug-likeness (QED) is 0.106. The van der Waals surface area contributed by atoms with Crippen LogP contribution < -0.4 is 5.32 Å². The molecule has 4 rings (SSSR count). The summed E-state index contributed by atoms with van der Waals surface area (Å²) in [5, 5.41) is 47.0. The summed E-state index contributed by atoms with van der Waals surface area (Å²) in [5.41, 5.74) is 1.30. The highest BCUT2D eigenvalue weighted by Gasteiger charge is 2.53. The normalized spacial score (nSPS) is 38.9. The number of rotatable bonds is 9. The molecule has 3 heterocycles. The third-order valence-electron chi connectivity index (χ3n) is 15.3. The van der Waals surface area contributed by atoms with E-state index in [4.69, 9.17) is 33.5 Å². The number of ether oxygens (including phenoxy) is 6. The van der Waals surface area contributed by atoms with Crippen LogP contribution in [-0.4, -0.2) is 157 Å². The lowest BCUT2D eigenvalue weighted by molar-refractivity contribution is -0.265. The predicted octanol–water partition coefficient (Wildman–Crippen LogP) is 5.70. The van der Waals surface area contributed by atoms with Crippen molar-refractivity contribution in [3.05, 3.63) is 47.6 Å². The average molecular weight is 1000 g/mol. The summed E-state index contributed by atoms with van der Waals surface area (Å²) in [4.78, 5) is 70.5. The number of amides is 2. The summed E-state index contributed by atoms with van der Waals surface area (Å²) in [5.74, 6) is -7.67. The molecule has 17 heteroatoms. The van der Waals surface area contributed by atoms with Crippen LogP contribution in [-0.2, 0) is 47.6 Å². The number of carbonyl (C=O) groups is 5. The number of allylic oxidation sites excluding steroid dienone is 5. The zero-order chi connectivity index (χ0) is 52.6. The van der Waals surface area contributed by atoms with Crippen LogP contribution in [0.1, 0.15) is 126 Å². The second-order valence-electron chi connectivity index (χ2n) is 20.8. The molecule has 3 aliphatic heterocycles. The lowest BCUT2D eigenvalue weighted by Crippen LogP contribution is -2.61. The van der Waals surface area contributed by atoms with Crippen LogP contribution in [0.4, 0.5) is 4.79 Å². The maximum atomic E-state index is 14.5. The summed E-state index contributed by atoms with van der Waals surface area (Å²) < 4.78 is 35.4. The number of Topliss-reactive ketones (excluding diaryl/α,β-unsaturated/α-hetero) is 2. The van der Waals surface area contributed by atoms with Crippen molar-refractivity contribution in [2.24, 2.45) is 35.5 Å². The number of hydrogen-bond donors (Lipinski definition) is 5. The van der Waals surface area contributed by atoms with E-state index in [1.54, 1.807) is 41.1 Å². The summed E-state index contributed by atoms with van der Waals surface area (Å²) in [6.45, 7) is 12.7. The van der Waals surface area contributed by atoms with Gasteiger partial charge in [-0.1, -0.05) is 71.1 Å². The largest absolute Gasteiger partial charge is 0.460 e. The van der Waals surface area contributed by atoms with Crippen molar-refractivity contribution >= 4 is 29.5 Å². The smallest absolute Gasteiger partial charge is 0.407 e. The van der Waals surface area contributed by atoms with Gasteiger partial charge in [-0.05, 0) is 107 Å². The Morgan fingerprint density at radius 1 is 0.873 bits per heavy atom. The van der Waals surface area contributed by atoms with Gasteiger partial charge in [-0.25, -0.2) is 9.59 Å². The van der Waals surface area contributed by atoms with Crippen molar-refractivity contribution < 1.29 is 72.8 Å². The van der Waals surface area contributed by atoms with Crippen molar-refractivity contribution in [3.63, 3.8) is 0 Å². The van der Waals surface area contributed by atoms with Gasteiger partial charge in [0.1, 0.15) is 30.5 Å². The highest BCUT2D eigenvalue weighted by atomic mass is 16.6. The first-order valence-electron chi connectivity index (χ1n) is 25.9. The molecule has 4 aliphatic rings. The van der Waals surface area contributed by atoms with Gasteiger partial charge in [0, 0.05) is 65.0 Å². The number of cyclic esters (lactones) is 1. The molecule has 2 bridgehead atoms. The van der Waals surface area contributed by atoms with Crippen molar-refractivity contribution in [2.45, 2.75) is 186 Å². The first-order chi connectivity index (χ1) is 33.7. The van der Waals surface area contributed by atoms with Gasteiger partial charge in [0.15, 0.2) is 5.78 Å². The number of carbonyl (C=O) groups excluding carboxylic acids is 5. The second kappa shape index (κ2) is 28.6. The van der Waals surface area contributed by atoms with Crippen LogP contribution in [0.25, 0.3) is 0 Å². The number of fused-ring (bicyclic) bond motifs is 3. The topological polar surface area (TPSA) is 237 Å². The van der Waals surface area contributed by atoms with Crippen molar-refractivity contribution in [1.29, 1.82) is 0 Å². The molecule has 1 aliphatic carbocycles. The Kier molecular flexibility index (Phi) is 24.1. The van der Waals surface area contributed by atoms with Gasteiger partial charge in [-0.2, -0.15) is 0 Å². The highest BCUT2D eigenvalue weighted by molar-refractivity contribution is 6.39. The summed E-state index contributed by atoms with van der Waals surface area (Å²) in [6.07, 6.45) is 9.40. The molecule has 0 spiro atoms. The number of alkyl carbamates (subject to hydrolysis) is 1. The SMILES string of the molecule is CO[C@H]1C[C@@H]2CC[C@@H](C)[C@@](O)(O2)C(=O)C(=O)N2CCCC[C@H]2C(=O)O[C@H]([C@H](C)C[C@@H]2CC[C@@H](OC(=O)NCCO)[C@H](OC)C2)C[C@@H](O)[C@H](C)/C=C(\C)[C@@H](O)[C@@H](OC)C(=O)[C@H](C)C[C@H](C)/C=C/C=C/C=C/1C. The van der Waals surface area contributed by atoms with Gasteiger partial charge in [-0.3, -0.25) is 14.4 Å². The van der Waals surface area contributed by atoms with E-state index in [9.17, 15) is 39.3 Å². The van der Waals surface area contributed by atoms with E-state index in [-0.39, 0.29) is 56.1 Å². The minimum atomic E-state index is -2.44. The van der Waals surface area contributed by atoms with Crippen molar-refractivity contribution in [1.82, 2.24) is 10.2 Å². The lowest BCUT2D eigenvalue weighted by Gasteiger charge is -2.43. The Morgan fingerprint density at radius 3 is 2.28 bits per heavy atom. The molecular formula is C54H86N2O15. The molecule has 402 valence electrons. The average Bonchev–Trinajstić information content (AvgIpc) is 3.35. The van der Waals surface area contributed by atoms with Crippen LogP contribution in [0.15, 0.2) is 47.6 Å². The van der Waals surface area contributed by atoms with Crippen molar-refractivity contribution in [3.8, 4) is 0 Å². The fourth-order valence-electron chi connectivity index (χ4n) is 10.7. The Hall–Kier alpha value is -3.81. The molecule has 1 saturated carbocycles. The maximum Gasteiger partial charge on any atom is 0.407 e. The van der Waals surface area contributed by atoms with Crippen molar-refractivity contribution in [2.75, 3.05) is 41.0 Å². The van der Waals surface area contributed by atoms with Crippen LogP contribution in [0.5, 0.6) is 0 Å². The standard InChI is InChI=1S/C54H86N2O15/c1-32-16-12-11-13-17-33(2)44(66-8)30-40-21-19-38(7)54(65,71-40)50(61)51(62)56-24-15-14-18-41(56)52(63)69-45(31-42(58)34(3)27-37(6)48(60)49(68-10)47(59)36(5)26-32)35(4)28-39-20-22-43(46(29-39)67-9)70-53(64)55-23-25-57/h11-13,16-17,27,32,34-36,38-46,48-49,57-58,60,65H,14-15,18-26,28-31H2,1-10H3,(H,55,64)/b13-11+,16-12+,33-17+,37-27+/t32-,34-,35-,36-,38-,39+,40+,41+,42-,43-,44+,45+,46-,48-,49+,54-/m1/s1. The molecule has 0 aromatic heterocycles. The fraction of sp³-hybridized carbons (Fsp3) is 0.759. The number of nitrogens with zero attached hydrogens (tertiary/aromatic N) is 1. The van der Waals surface area contributed by atoms with Gasteiger partial charge in [0.05, 0.1) is 31.0 Å². The Morgan fingerprint density at radius 2 is 1.61 bits per heavy atom. The molecule has 2 amide bonds. The van der Waals surface area contributed by atoms with Crippen LogP contribution >= 0.6 is 0 Å².